The zero-order valence-corrected chi connectivity index (χ0v) is 10.5. The lowest BCUT2D eigenvalue weighted by molar-refractivity contribution is 0.312. The Hall–Kier alpha value is -1.09. The van der Waals surface area contributed by atoms with E-state index >= 15 is 0 Å². The van der Waals surface area contributed by atoms with Crippen molar-refractivity contribution in [2.24, 2.45) is 5.92 Å². The van der Waals surface area contributed by atoms with Crippen molar-refractivity contribution in [3.8, 4) is 0 Å². The minimum atomic E-state index is 0.544. The first-order chi connectivity index (χ1) is 8.33. The van der Waals surface area contributed by atoms with Gasteiger partial charge in [-0.15, -0.1) is 0 Å². The minimum absolute atomic E-state index is 0.544. The molecule has 1 fully saturated rings. The Kier molecular flexibility index (Phi) is 3.02. The quantitative estimate of drug-likeness (QED) is 0.761. The summed E-state index contributed by atoms with van der Waals surface area (Å²) in [6, 6.07) is 1.91. The molecule has 4 heteroatoms. The summed E-state index contributed by atoms with van der Waals surface area (Å²) < 4.78 is 2.08. The van der Waals surface area contributed by atoms with Gasteiger partial charge in [-0.05, 0) is 18.8 Å². The molecule has 0 aliphatic heterocycles. The van der Waals surface area contributed by atoms with E-state index in [9.17, 15) is 0 Å². The van der Waals surface area contributed by atoms with E-state index in [0.717, 1.165) is 23.4 Å². The Labute approximate surface area is 106 Å². The Balaban J connectivity index is 1.86. The summed E-state index contributed by atoms with van der Waals surface area (Å²) in [6.07, 6.45) is 10.5. The van der Waals surface area contributed by atoms with Crippen molar-refractivity contribution in [1.29, 1.82) is 0 Å². The van der Waals surface area contributed by atoms with Gasteiger partial charge in [0.1, 0.15) is 5.15 Å². The molecule has 90 valence electrons. The molecule has 0 amide bonds. The minimum Gasteiger partial charge on any atom is -0.264 e. The number of hydrogen-bond donors (Lipinski definition) is 0. The van der Waals surface area contributed by atoms with Crippen LogP contribution < -0.4 is 0 Å². The first-order valence-electron chi connectivity index (χ1n) is 6.30. The van der Waals surface area contributed by atoms with E-state index in [-0.39, 0.29) is 0 Å². The molecule has 0 spiro atoms. The average Bonchev–Trinajstić information content (AvgIpc) is 2.73. The zero-order chi connectivity index (χ0) is 11.7. The first kappa shape index (κ1) is 11.0. The molecule has 1 saturated carbocycles. The molecule has 0 atom stereocenters. The van der Waals surface area contributed by atoms with E-state index in [1.165, 1.54) is 32.1 Å². The van der Waals surface area contributed by atoms with Gasteiger partial charge in [0.25, 0.3) is 0 Å². The summed E-state index contributed by atoms with van der Waals surface area (Å²) >= 11 is 5.94. The predicted octanol–water partition coefficient (Wildman–Crippen LogP) is 3.67. The Morgan fingerprint density at radius 3 is 2.88 bits per heavy atom. The van der Waals surface area contributed by atoms with Gasteiger partial charge in [-0.1, -0.05) is 30.9 Å². The molecule has 3 rings (SSSR count). The van der Waals surface area contributed by atoms with E-state index in [4.69, 9.17) is 11.6 Å². The smallest absolute Gasteiger partial charge is 0.131 e. The maximum atomic E-state index is 5.94. The molecule has 0 radical (unpaired) electrons. The average molecular weight is 250 g/mol. The summed E-state index contributed by atoms with van der Waals surface area (Å²) in [5, 5.41) is 6.07. The third-order valence-corrected chi connectivity index (χ3v) is 3.86. The lowest BCUT2D eigenvalue weighted by Crippen LogP contribution is -2.14. The van der Waals surface area contributed by atoms with Crippen molar-refractivity contribution in [3.05, 3.63) is 23.6 Å². The van der Waals surface area contributed by atoms with Crippen LogP contribution in [0, 0.1) is 5.92 Å². The summed E-state index contributed by atoms with van der Waals surface area (Å²) in [4.78, 5) is 4.08. The summed E-state index contributed by atoms with van der Waals surface area (Å²) in [7, 11) is 0. The van der Waals surface area contributed by atoms with Crippen LogP contribution in [-0.2, 0) is 6.54 Å². The van der Waals surface area contributed by atoms with Gasteiger partial charge in [-0.3, -0.25) is 4.68 Å². The van der Waals surface area contributed by atoms with Crippen molar-refractivity contribution in [1.82, 2.24) is 14.8 Å². The van der Waals surface area contributed by atoms with E-state index in [0.29, 0.717) is 5.15 Å². The molecule has 3 nitrogen and oxygen atoms in total. The van der Waals surface area contributed by atoms with Crippen molar-refractivity contribution in [2.75, 3.05) is 0 Å². The number of nitrogens with zero attached hydrogens (tertiary/aromatic N) is 3. The van der Waals surface area contributed by atoms with Gasteiger partial charge in [0.2, 0.25) is 0 Å². The highest BCUT2D eigenvalue weighted by molar-refractivity contribution is 6.29. The standard InChI is InChI=1S/C13H16ClN3/c14-13-6-12-11(7-15-13)8-16-17(12)9-10-4-2-1-3-5-10/h6-8,10H,1-5,9H2. The van der Waals surface area contributed by atoms with E-state index in [2.05, 4.69) is 14.8 Å². The second kappa shape index (κ2) is 4.65. The van der Waals surface area contributed by atoms with Gasteiger partial charge < -0.3 is 0 Å². The highest BCUT2D eigenvalue weighted by Gasteiger charge is 2.15. The van der Waals surface area contributed by atoms with Gasteiger partial charge in [0, 0.05) is 24.2 Å². The van der Waals surface area contributed by atoms with Crippen LogP contribution in [0.3, 0.4) is 0 Å². The van der Waals surface area contributed by atoms with Crippen LogP contribution in [0.15, 0.2) is 18.5 Å². The lowest BCUT2D eigenvalue weighted by atomic mass is 9.89. The second-order valence-electron chi connectivity index (χ2n) is 4.90. The molecule has 2 aromatic rings. The molecule has 17 heavy (non-hydrogen) atoms. The van der Waals surface area contributed by atoms with Gasteiger partial charge in [-0.25, -0.2) is 4.98 Å². The van der Waals surface area contributed by atoms with Crippen LogP contribution in [-0.4, -0.2) is 14.8 Å². The largest absolute Gasteiger partial charge is 0.264 e. The topological polar surface area (TPSA) is 30.7 Å². The first-order valence-corrected chi connectivity index (χ1v) is 6.68. The fourth-order valence-electron chi connectivity index (χ4n) is 2.71. The molecular formula is C13H16ClN3. The maximum Gasteiger partial charge on any atom is 0.131 e. The lowest BCUT2D eigenvalue weighted by Gasteiger charge is -2.21. The normalized spacial score (nSPS) is 17.7. The highest BCUT2D eigenvalue weighted by atomic mass is 35.5. The fourth-order valence-corrected chi connectivity index (χ4v) is 2.86. The number of aromatic nitrogens is 3. The molecule has 0 saturated heterocycles. The summed E-state index contributed by atoms with van der Waals surface area (Å²) in [5.74, 6) is 0.777. The van der Waals surface area contributed by atoms with Crippen molar-refractivity contribution in [3.63, 3.8) is 0 Å². The number of halogens is 1. The highest BCUT2D eigenvalue weighted by Crippen LogP contribution is 2.26. The molecule has 1 aliphatic rings. The van der Waals surface area contributed by atoms with Gasteiger partial charge in [-0.2, -0.15) is 5.10 Å². The Morgan fingerprint density at radius 2 is 2.06 bits per heavy atom. The third-order valence-electron chi connectivity index (χ3n) is 3.65. The van der Waals surface area contributed by atoms with Crippen LogP contribution in [0.4, 0.5) is 0 Å². The van der Waals surface area contributed by atoms with Crippen LogP contribution in [0.25, 0.3) is 10.9 Å². The van der Waals surface area contributed by atoms with Crippen molar-refractivity contribution >= 4 is 22.5 Å². The Morgan fingerprint density at radius 1 is 1.24 bits per heavy atom. The number of hydrogen-bond acceptors (Lipinski definition) is 2. The molecule has 2 aromatic heterocycles. The number of fused-ring (bicyclic) bond motifs is 1. The molecule has 1 aliphatic carbocycles. The van der Waals surface area contributed by atoms with Crippen molar-refractivity contribution < 1.29 is 0 Å². The van der Waals surface area contributed by atoms with Gasteiger partial charge >= 0.3 is 0 Å². The third kappa shape index (κ3) is 2.29. The van der Waals surface area contributed by atoms with Crippen LogP contribution in [0.1, 0.15) is 32.1 Å². The van der Waals surface area contributed by atoms with Gasteiger partial charge in [0.05, 0.1) is 11.7 Å². The van der Waals surface area contributed by atoms with Crippen LogP contribution in [0.2, 0.25) is 5.15 Å². The van der Waals surface area contributed by atoms with E-state index in [1.54, 1.807) is 6.20 Å². The summed E-state index contributed by atoms with van der Waals surface area (Å²) in [5.41, 5.74) is 1.11. The number of pyridine rings is 1. The SMILES string of the molecule is Clc1cc2c(cn1)cnn2CC1CCCCC1. The molecule has 0 unspecified atom stereocenters. The maximum absolute atomic E-state index is 5.94. The second-order valence-corrected chi connectivity index (χ2v) is 5.28. The molecule has 0 aromatic carbocycles. The number of rotatable bonds is 2. The Bertz CT molecular complexity index is 514. The van der Waals surface area contributed by atoms with Crippen LogP contribution in [0.5, 0.6) is 0 Å². The van der Waals surface area contributed by atoms with Crippen LogP contribution >= 0.6 is 11.6 Å². The summed E-state index contributed by atoms with van der Waals surface area (Å²) in [6.45, 7) is 1.02. The molecule has 0 bridgehead atoms. The van der Waals surface area contributed by atoms with Crippen molar-refractivity contribution in [2.45, 2.75) is 38.6 Å². The molecule has 0 N–H and O–H groups in total. The fraction of sp³-hybridized carbons (Fsp3) is 0.538. The van der Waals surface area contributed by atoms with E-state index < -0.39 is 0 Å². The van der Waals surface area contributed by atoms with E-state index in [1.807, 2.05) is 12.3 Å². The molecular weight excluding hydrogens is 234 g/mol. The zero-order valence-electron chi connectivity index (χ0n) is 9.77. The van der Waals surface area contributed by atoms with Gasteiger partial charge in [0.15, 0.2) is 0 Å². The molecule has 2 heterocycles. The monoisotopic (exact) mass is 249 g/mol. The predicted molar refractivity (Wildman–Crippen MR) is 69.1 cm³/mol.